The van der Waals surface area contributed by atoms with Crippen LogP contribution in [0.15, 0.2) is 12.1 Å². The van der Waals surface area contributed by atoms with Gasteiger partial charge in [-0.15, -0.1) is 0 Å². The lowest BCUT2D eigenvalue weighted by Crippen LogP contribution is -2.05. The van der Waals surface area contributed by atoms with Gasteiger partial charge in [-0.1, -0.05) is 0 Å². The van der Waals surface area contributed by atoms with Gasteiger partial charge in [-0.25, -0.2) is 0 Å². The second-order valence-corrected chi connectivity index (χ2v) is 4.61. The van der Waals surface area contributed by atoms with Crippen molar-refractivity contribution in [3.63, 3.8) is 0 Å². The van der Waals surface area contributed by atoms with Crippen LogP contribution in [0.1, 0.15) is 5.56 Å². The van der Waals surface area contributed by atoms with Gasteiger partial charge in [0, 0.05) is 0 Å². The summed E-state index contributed by atoms with van der Waals surface area (Å²) in [4.78, 5) is 0. The normalized spacial score (nSPS) is 11.8. The molecule has 0 amide bonds. The first kappa shape index (κ1) is 11.3. The molecule has 0 aliphatic carbocycles. The average Bonchev–Trinajstić information content (AvgIpc) is 1.97. The van der Waals surface area contributed by atoms with Crippen LogP contribution in [0.4, 0.5) is 13.2 Å². The molecule has 0 fully saturated rings. The van der Waals surface area contributed by atoms with Crippen molar-refractivity contribution in [3.8, 4) is 5.75 Å². The van der Waals surface area contributed by atoms with Crippen molar-refractivity contribution in [2.45, 2.75) is 6.18 Å². The third-order valence-corrected chi connectivity index (χ3v) is 2.99. The zero-order valence-electron chi connectivity index (χ0n) is 5.99. The molecule has 1 aromatic carbocycles. The molecule has 0 saturated carbocycles. The van der Waals surface area contributed by atoms with Crippen molar-refractivity contribution in [2.24, 2.45) is 0 Å². The van der Waals surface area contributed by atoms with Crippen LogP contribution >= 0.6 is 45.2 Å². The zero-order valence-corrected chi connectivity index (χ0v) is 10.3. The second-order valence-electron chi connectivity index (χ2n) is 2.29. The number of rotatable bonds is 0. The van der Waals surface area contributed by atoms with Gasteiger partial charge in [0.05, 0.1) is 12.7 Å². The number of hydrogen-bond donors (Lipinski definition) is 1. The first-order valence-electron chi connectivity index (χ1n) is 3.07. The molecular formula is C7H3F3I2O. The third-order valence-electron chi connectivity index (χ3n) is 1.34. The average molecular weight is 414 g/mol. The van der Waals surface area contributed by atoms with Gasteiger partial charge in [0.15, 0.2) is 0 Å². The summed E-state index contributed by atoms with van der Waals surface area (Å²) in [6.45, 7) is 0. The van der Waals surface area contributed by atoms with E-state index in [-0.39, 0.29) is 12.9 Å². The van der Waals surface area contributed by atoms with Crippen molar-refractivity contribution in [1.82, 2.24) is 0 Å². The Kier molecular flexibility index (Phi) is 3.31. The van der Waals surface area contributed by atoms with E-state index in [0.717, 1.165) is 12.1 Å². The van der Waals surface area contributed by atoms with Crippen LogP contribution in [0.5, 0.6) is 5.75 Å². The van der Waals surface area contributed by atoms with E-state index in [0.29, 0.717) is 0 Å². The molecule has 0 atom stereocenters. The fourth-order valence-corrected chi connectivity index (χ4v) is 2.50. The summed E-state index contributed by atoms with van der Waals surface area (Å²) in [6.07, 6.45) is -4.35. The van der Waals surface area contributed by atoms with Gasteiger partial charge in [-0.3, -0.25) is 0 Å². The Morgan fingerprint density at radius 3 is 1.77 bits per heavy atom. The molecule has 0 aliphatic heterocycles. The Balaban J connectivity index is 3.29. The lowest BCUT2D eigenvalue weighted by molar-refractivity contribution is -0.137. The number of aromatic hydroxyl groups is 1. The molecule has 1 aromatic rings. The Labute approximate surface area is 99.6 Å². The summed E-state index contributed by atoms with van der Waals surface area (Å²) < 4.78 is 37.0. The van der Waals surface area contributed by atoms with Gasteiger partial charge in [0.2, 0.25) is 0 Å². The summed E-state index contributed by atoms with van der Waals surface area (Å²) >= 11 is 3.32. The van der Waals surface area contributed by atoms with Crippen LogP contribution in [0, 0.1) is 7.14 Å². The highest BCUT2D eigenvalue weighted by molar-refractivity contribution is 14.1. The minimum atomic E-state index is -4.35. The number of phenols is 1. The zero-order chi connectivity index (χ0) is 10.2. The standard InChI is InChI=1S/C7H3F3I2O/c8-7(9,10)3-1-4(11)6(13)5(12)2-3/h1-2,13H. The smallest absolute Gasteiger partial charge is 0.416 e. The van der Waals surface area contributed by atoms with Crippen molar-refractivity contribution >= 4 is 45.2 Å². The van der Waals surface area contributed by atoms with E-state index in [1.165, 1.54) is 0 Å². The highest BCUT2D eigenvalue weighted by atomic mass is 127. The fraction of sp³-hybridized carbons (Fsp3) is 0.143. The molecule has 0 aromatic heterocycles. The Hall–Kier alpha value is 0.270. The van der Waals surface area contributed by atoms with Gasteiger partial charge in [0.25, 0.3) is 0 Å². The predicted octanol–water partition coefficient (Wildman–Crippen LogP) is 3.62. The molecule has 0 heterocycles. The Bertz CT molecular complexity index is 312. The first-order chi connectivity index (χ1) is 5.82. The second kappa shape index (κ2) is 3.79. The molecule has 0 aliphatic rings. The number of alkyl halides is 3. The first-order valence-corrected chi connectivity index (χ1v) is 5.23. The number of phenolic OH excluding ortho intramolecular Hbond substituents is 1. The fourth-order valence-electron chi connectivity index (χ4n) is 0.729. The maximum Gasteiger partial charge on any atom is 0.416 e. The molecule has 6 heteroatoms. The topological polar surface area (TPSA) is 20.2 Å². The number of halogens is 5. The van der Waals surface area contributed by atoms with Crippen molar-refractivity contribution in [3.05, 3.63) is 24.8 Å². The van der Waals surface area contributed by atoms with Gasteiger partial charge in [0.1, 0.15) is 5.75 Å². The monoisotopic (exact) mass is 414 g/mol. The quantitative estimate of drug-likeness (QED) is 0.644. The van der Waals surface area contributed by atoms with Crippen LogP contribution < -0.4 is 0 Å². The summed E-state index contributed by atoms with van der Waals surface area (Å²) in [5, 5.41) is 9.21. The van der Waals surface area contributed by atoms with E-state index in [9.17, 15) is 18.3 Å². The Morgan fingerprint density at radius 2 is 1.46 bits per heavy atom. The van der Waals surface area contributed by atoms with Crippen molar-refractivity contribution in [2.75, 3.05) is 0 Å². The number of hydrogen-bond acceptors (Lipinski definition) is 1. The molecule has 13 heavy (non-hydrogen) atoms. The van der Waals surface area contributed by atoms with E-state index in [4.69, 9.17) is 0 Å². The van der Waals surface area contributed by atoms with Crippen molar-refractivity contribution in [1.29, 1.82) is 0 Å². The van der Waals surface area contributed by atoms with E-state index >= 15 is 0 Å². The van der Waals surface area contributed by atoms with E-state index in [1.54, 1.807) is 45.2 Å². The van der Waals surface area contributed by atoms with Crippen LogP contribution in [-0.2, 0) is 6.18 Å². The lowest BCUT2D eigenvalue weighted by atomic mass is 10.2. The molecule has 0 spiro atoms. The minimum Gasteiger partial charge on any atom is -0.506 e. The Morgan fingerprint density at radius 1 is 1.08 bits per heavy atom. The van der Waals surface area contributed by atoms with Crippen LogP contribution in [-0.4, -0.2) is 5.11 Å². The van der Waals surface area contributed by atoms with Crippen molar-refractivity contribution < 1.29 is 18.3 Å². The molecule has 1 nitrogen and oxygen atoms in total. The molecule has 1 rings (SSSR count). The summed E-state index contributed by atoms with van der Waals surface area (Å²) in [5.74, 6) is -0.103. The molecule has 1 N–H and O–H groups in total. The maximum absolute atomic E-state index is 12.2. The van der Waals surface area contributed by atoms with E-state index in [2.05, 4.69) is 0 Å². The van der Waals surface area contributed by atoms with Gasteiger partial charge in [-0.2, -0.15) is 13.2 Å². The van der Waals surface area contributed by atoms with Crippen LogP contribution in [0.25, 0.3) is 0 Å². The maximum atomic E-state index is 12.2. The number of benzene rings is 1. The summed E-state index contributed by atoms with van der Waals surface area (Å²) in [6, 6.07) is 1.83. The molecule has 0 saturated heterocycles. The SMILES string of the molecule is Oc1c(I)cc(C(F)(F)F)cc1I. The largest absolute Gasteiger partial charge is 0.506 e. The lowest BCUT2D eigenvalue weighted by Gasteiger charge is -2.08. The summed E-state index contributed by atoms with van der Waals surface area (Å²) in [7, 11) is 0. The molecule has 0 radical (unpaired) electrons. The van der Waals surface area contributed by atoms with Crippen LogP contribution in [0.3, 0.4) is 0 Å². The van der Waals surface area contributed by atoms with Crippen LogP contribution in [0.2, 0.25) is 0 Å². The van der Waals surface area contributed by atoms with Gasteiger partial charge < -0.3 is 5.11 Å². The highest BCUT2D eigenvalue weighted by Crippen LogP contribution is 2.35. The predicted molar refractivity (Wildman–Crippen MR) is 58.5 cm³/mol. The molecular weight excluding hydrogens is 411 g/mol. The summed E-state index contributed by atoms with van der Waals surface area (Å²) in [5.41, 5.74) is -0.737. The molecule has 0 bridgehead atoms. The van der Waals surface area contributed by atoms with Gasteiger partial charge >= 0.3 is 6.18 Å². The molecule has 72 valence electrons. The molecule has 0 unspecified atom stereocenters. The third kappa shape index (κ3) is 2.61. The minimum absolute atomic E-state index is 0.103. The highest BCUT2D eigenvalue weighted by Gasteiger charge is 2.31. The van der Waals surface area contributed by atoms with Gasteiger partial charge in [-0.05, 0) is 57.3 Å². The van der Waals surface area contributed by atoms with E-state index in [1.807, 2.05) is 0 Å². The van der Waals surface area contributed by atoms with E-state index < -0.39 is 11.7 Å².